The maximum absolute atomic E-state index is 10.6. The Morgan fingerprint density at radius 3 is 2.52 bits per heavy atom. The average molecular weight is 431 g/mol. The molecule has 2 N–H and O–H groups in total. The Bertz CT molecular complexity index is 742. The highest BCUT2D eigenvalue weighted by Crippen LogP contribution is 2.59. The predicted octanol–water partition coefficient (Wildman–Crippen LogP) is 6.45. The third-order valence-electron chi connectivity index (χ3n) is 8.08. The highest BCUT2D eigenvalue weighted by Gasteiger charge is 2.54. The number of fused-ring (bicyclic) bond motifs is 1. The molecular weight excluding hydrogens is 376 g/mol. The molecule has 0 spiro atoms. The lowest BCUT2D eigenvalue weighted by Crippen LogP contribution is -2.50. The van der Waals surface area contributed by atoms with Crippen LogP contribution in [0.15, 0.2) is 11.6 Å². The molecule has 0 amide bonds. The summed E-state index contributed by atoms with van der Waals surface area (Å²) in [6.45, 7) is 7.70. The molecular formula is C25H48O3Si. The molecule has 0 aliphatic heterocycles. The Morgan fingerprint density at radius 1 is 1.24 bits per heavy atom. The summed E-state index contributed by atoms with van der Waals surface area (Å²) in [4.78, 5) is 0. The van der Waals surface area contributed by atoms with Crippen molar-refractivity contribution in [2.45, 2.75) is 123 Å². The summed E-state index contributed by atoms with van der Waals surface area (Å²) in [6, 6.07) is 0. The van der Waals surface area contributed by atoms with E-state index in [1.807, 2.05) is 6.08 Å². The number of hydrogen-bond acceptors (Lipinski definition) is 3. The van der Waals surface area contributed by atoms with Crippen LogP contribution in [0.1, 0.15) is 101 Å². The van der Waals surface area contributed by atoms with Gasteiger partial charge in [-0.05, 0) is 94.0 Å². The first kappa shape index (κ1) is 17.4. The smallest absolute Gasteiger partial charge is 0.192 e. The molecule has 2 saturated carbocycles. The van der Waals surface area contributed by atoms with Crippen LogP contribution >= 0.6 is 0 Å². The van der Waals surface area contributed by atoms with Crippen LogP contribution in [-0.2, 0) is 4.43 Å². The van der Waals surface area contributed by atoms with Crippen molar-refractivity contribution in [1.29, 1.82) is 0 Å². The molecule has 0 aromatic heterocycles. The maximum Gasteiger partial charge on any atom is 0.192 e. The van der Waals surface area contributed by atoms with E-state index < -0.39 is 27.6 Å². The minimum absolute atomic E-state index is 0.0181. The van der Waals surface area contributed by atoms with Crippen molar-refractivity contribution in [3.63, 3.8) is 0 Å². The molecule has 3 nitrogen and oxygen atoms in total. The molecule has 4 heteroatoms. The molecule has 0 aromatic carbocycles. The quantitative estimate of drug-likeness (QED) is 0.343. The molecule has 29 heavy (non-hydrogen) atoms. The molecule has 0 saturated heterocycles. The Kier molecular flexibility index (Phi) is 5.48. The van der Waals surface area contributed by atoms with E-state index in [2.05, 4.69) is 40.8 Å². The van der Waals surface area contributed by atoms with Crippen molar-refractivity contribution >= 4 is 8.32 Å². The first-order chi connectivity index (χ1) is 15.7. The number of rotatable bonds is 8. The highest BCUT2D eigenvalue weighted by atomic mass is 28.4. The molecule has 2 rings (SSSR count). The second-order valence-corrected chi connectivity index (χ2v) is 16.0. The van der Waals surface area contributed by atoms with Crippen LogP contribution in [0.2, 0.25) is 18.1 Å². The van der Waals surface area contributed by atoms with Gasteiger partial charge in [0.05, 0.1) is 5.60 Å². The lowest BCUT2D eigenvalue weighted by atomic mass is 9.62. The Morgan fingerprint density at radius 2 is 1.93 bits per heavy atom. The van der Waals surface area contributed by atoms with E-state index in [1.165, 1.54) is 0 Å². The van der Waals surface area contributed by atoms with E-state index in [4.69, 9.17) is 12.7 Å². The number of allylic oxidation sites excluding steroid dienone is 1. The third-order valence-corrected chi connectivity index (χ3v) is 12.6. The van der Waals surface area contributed by atoms with Crippen LogP contribution in [0.25, 0.3) is 0 Å². The van der Waals surface area contributed by atoms with Gasteiger partial charge in [0.25, 0.3) is 0 Å². The zero-order valence-electron chi connectivity index (χ0n) is 25.5. The normalized spacial score (nSPS) is 35.7. The molecule has 2 aliphatic carbocycles. The standard InChI is InChI=1S/C25H48O3Si/c1-23(2,3)29(7,8)28-22-12-10-17-25(6)20(13-14-21(22)25)19(15-18-26)11-9-16-24(4,5)27/h11,20-22,26-27H,9-10,12-18H2,1-8H3/b19-11+/t20-,21+,22+,25-/m1/s1/i4D3,5D3. The van der Waals surface area contributed by atoms with Gasteiger partial charge in [0, 0.05) is 20.9 Å². The summed E-state index contributed by atoms with van der Waals surface area (Å²) in [5.74, 6) is 0.665. The highest BCUT2D eigenvalue weighted by molar-refractivity contribution is 6.74. The van der Waals surface area contributed by atoms with Gasteiger partial charge in [-0.25, -0.2) is 0 Å². The Labute approximate surface area is 189 Å². The monoisotopic (exact) mass is 430 g/mol. The van der Waals surface area contributed by atoms with Gasteiger partial charge >= 0.3 is 0 Å². The van der Waals surface area contributed by atoms with Crippen molar-refractivity contribution in [2.24, 2.45) is 17.3 Å². The SMILES string of the molecule is [2H]C([2H])([2H])C(O)(CC/C=C(\CCO)[C@H]1CC[C@H]2[C@@H](O[Si](C)(C)C(C)(C)C)CCC[C@]12C)C([2H])([2H])[2H]. The molecule has 0 unspecified atom stereocenters. The van der Waals surface area contributed by atoms with Crippen LogP contribution in [0, 0.1) is 17.3 Å². The van der Waals surface area contributed by atoms with Gasteiger partial charge in [0.1, 0.15) is 0 Å². The molecule has 2 fully saturated rings. The van der Waals surface area contributed by atoms with E-state index in [9.17, 15) is 10.2 Å². The van der Waals surface area contributed by atoms with Gasteiger partial charge in [-0.1, -0.05) is 45.8 Å². The summed E-state index contributed by atoms with van der Waals surface area (Å²) in [6.07, 6.45) is 7.64. The number of aliphatic hydroxyl groups is 2. The maximum atomic E-state index is 10.6. The van der Waals surface area contributed by atoms with Crippen molar-refractivity contribution in [2.75, 3.05) is 6.61 Å². The van der Waals surface area contributed by atoms with Gasteiger partial charge < -0.3 is 14.6 Å². The van der Waals surface area contributed by atoms with E-state index in [1.54, 1.807) is 0 Å². The van der Waals surface area contributed by atoms with Crippen molar-refractivity contribution in [3.8, 4) is 0 Å². The molecule has 0 aromatic rings. The molecule has 0 radical (unpaired) electrons. The Hall–Kier alpha value is -0.163. The fourth-order valence-corrected chi connectivity index (χ4v) is 6.83. The summed E-state index contributed by atoms with van der Waals surface area (Å²) in [5.41, 5.74) is -1.67. The summed E-state index contributed by atoms with van der Waals surface area (Å²) in [7, 11) is -1.92. The van der Waals surface area contributed by atoms with Crippen LogP contribution in [0.4, 0.5) is 0 Å². The van der Waals surface area contributed by atoms with Gasteiger partial charge in [-0.15, -0.1) is 0 Å². The fourth-order valence-electron chi connectivity index (χ4n) is 5.44. The summed E-state index contributed by atoms with van der Waals surface area (Å²) in [5, 5.41) is 20.6. The first-order valence-corrected chi connectivity index (χ1v) is 14.3. The van der Waals surface area contributed by atoms with Crippen LogP contribution < -0.4 is 0 Å². The molecule has 0 bridgehead atoms. The lowest BCUT2D eigenvalue weighted by molar-refractivity contribution is -0.00421. The van der Waals surface area contributed by atoms with Crippen LogP contribution in [0.3, 0.4) is 0 Å². The Balaban J connectivity index is 2.27. The zero-order valence-corrected chi connectivity index (χ0v) is 20.5. The second-order valence-electron chi connectivity index (χ2n) is 11.2. The average Bonchev–Trinajstić information content (AvgIpc) is 3.02. The molecule has 170 valence electrons. The van der Waals surface area contributed by atoms with Gasteiger partial charge in [-0.3, -0.25) is 0 Å². The first-order valence-electron chi connectivity index (χ1n) is 14.4. The number of aliphatic hydroxyl groups excluding tert-OH is 1. The van der Waals surface area contributed by atoms with Gasteiger partial charge in [-0.2, -0.15) is 0 Å². The van der Waals surface area contributed by atoms with Crippen LogP contribution in [-0.4, -0.2) is 36.8 Å². The van der Waals surface area contributed by atoms with E-state index >= 15 is 0 Å². The van der Waals surface area contributed by atoms with Crippen molar-refractivity contribution < 1.29 is 22.9 Å². The van der Waals surface area contributed by atoms with E-state index in [-0.39, 0.29) is 41.9 Å². The zero-order chi connectivity index (χ0) is 27.1. The summed E-state index contributed by atoms with van der Waals surface area (Å²) >= 11 is 0. The minimum atomic E-state index is -3.01. The third kappa shape index (κ3) is 5.96. The topological polar surface area (TPSA) is 49.7 Å². The van der Waals surface area contributed by atoms with Crippen molar-refractivity contribution in [3.05, 3.63) is 11.6 Å². The van der Waals surface area contributed by atoms with Crippen molar-refractivity contribution in [1.82, 2.24) is 0 Å². The fraction of sp³-hybridized carbons (Fsp3) is 0.920. The minimum Gasteiger partial charge on any atom is -0.414 e. The number of hydrogen-bond donors (Lipinski definition) is 2. The van der Waals surface area contributed by atoms with Gasteiger partial charge in [0.2, 0.25) is 0 Å². The van der Waals surface area contributed by atoms with Crippen LogP contribution in [0.5, 0.6) is 0 Å². The molecule has 4 atom stereocenters. The van der Waals surface area contributed by atoms with Gasteiger partial charge in [0.15, 0.2) is 8.32 Å². The molecule has 2 aliphatic rings. The molecule has 0 heterocycles. The van der Waals surface area contributed by atoms with E-state index in [0.717, 1.165) is 37.7 Å². The predicted molar refractivity (Wildman–Crippen MR) is 126 cm³/mol. The lowest BCUT2D eigenvalue weighted by Gasteiger charge is -2.49. The summed E-state index contributed by atoms with van der Waals surface area (Å²) < 4.78 is 52.6. The largest absolute Gasteiger partial charge is 0.414 e. The van der Waals surface area contributed by atoms with E-state index in [0.29, 0.717) is 12.3 Å². The second kappa shape index (κ2) is 9.14.